The van der Waals surface area contributed by atoms with Crippen LogP contribution in [-0.2, 0) is 16.6 Å². The summed E-state index contributed by atoms with van der Waals surface area (Å²) in [5.74, 6) is 0. The zero-order valence-electron chi connectivity index (χ0n) is 12.7. The van der Waals surface area contributed by atoms with Gasteiger partial charge in [0.2, 0.25) is 10.0 Å². The van der Waals surface area contributed by atoms with Crippen LogP contribution in [0.25, 0.3) is 0 Å². The average Bonchev–Trinajstić information content (AvgIpc) is 2.35. The van der Waals surface area contributed by atoms with E-state index in [1.54, 1.807) is 24.3 Å². The summed E-state index contributed by atoms with van der Waals surface area (Å²) in [5, 5.41) is 3.02. The van der Waals surface area contributed by atoms with Crippen molar-refractivity contribution in [2.75, 3.05) is 13.6 Å². The van der Waals surface area contributed by atoms with Gasteiger partial charge in [0, 0.05) is 18.6 Å². The summed E-state index contributed by atoms with van der Waals surface area (Å²) in [7, 11) is -1.69. The molecule has 0 aromatic heterocycles. The van der Waals surface area contributed by atoms with Gasteiger partial charge in [-0.1, -0.05) is 18.2 Å². The maximum Gasteiger partial charge on any atom is 0.243 e. The fraction of sp³-hybridized carbons (Fsp3) is 0.467. The van der Waals surface area contributed by atoms with Crippen LogP contribution in [0.1, 0.15) is 26.3 Å². The van der Waals surface area contributed by atoms with Gasteiger partial charge in [0.15, 0.2) is 0 Å². The largest absolute Gasteiger partial charge is 0.316 e. The minimum Gasteiger partial charge on any atom is -0.316 e. The summed E-state index contributed by atoms with van der Waals surface area (Å²) in [6.07, 6.45) is 1.61. The highest BCUT2D eigenvalue weighted by molar-refractivity contribution is 7.89. The number of hydrogen-bond acceptors (Lipinski definition) is 3. The molecule has 0 amide bonds. The van der Waals surface area contributed by atoms with Crippen molar-refractivity contribution in [3.05, 3.63) is 42.5 Å². The lowest BCUT2D eigenvalue weighted by atomic mass is 10.1. The van der Waals surface area contributed by atoms with Crippen molar-refractivity contribution in [2.45, 2.75) is 37.8 Å². The summed E-state index contributed by atoms with van der Waals surface area (Å²) in [6, 6.07) is 7.03. The Morgan fingerprint density at radius 3 is 2.50 bits per heavy atom. The Hall–Kier alpha value is -1.17. The SMILES string of the molecule is C=CCN(C(C)(C)C)S(=O)(=O)c1cccc(CNC)c1. The molecule has 5 heteroatoms. The fourth-order valence-electron chi connectivity index (χ4n) is 2.00. The summed E-state index contributed by atoms with van der Waals surface area (Å²) >= 11 is 0. The Balaban J connectivity index is 3.26. The van der Waals surface area contributed by atoms with Crippen molar-refractivity contribution in [2.24, 2.45) is 0 Å². The van der Waals surface area contributed by atoms with Gasteiger partial charge in [-0.2, -0.15) is 4.31 Å². The van der Waals surface area contributed by atoms with E-state index in [1.807, 2.05) is 33.9 Å². The summed E-state index contributed by atoms with van der Waals surface area (Å²) < 4.78 is 27.0. The number of sulfonamides is 1. The second-order valence-electron chi connectivity index (χ2n) is 5.67. The third-order valence-corrected chi connectivity index (χ3v) is 5.04. The van der Waals surface area contributed by atoms with Crippen LogP contribution >= 0.6 is 0 Å². The molecule has 0 heterocycles. The first-order chi connectivity index (χ1) is 9.23. The zero-order chi connectivity index (χ0) is 15.4. The van der Waals surface area contributed by atoms with Gasteiger partial charge >= 0.3 is 0 Å². The van der Waals surface area contributed by atoms with Crippen molar-refractivity contribution >= 4 is 10.0 Å². The lowest BCUT2D eigenvalue weighted by molar-refractivity contribution is 0.270. The smallest absolute Gasteiger partial charge is 0.243 e. The van der Waals surface area contributed by atoms with E-state index in [2.05, 4.69) is 11.9 Å². The van der Waals surface area contributed by atoms with Gasteiger partial charge in [-0.05, 0) is 45.5 Å². The lowest BCUT2D eigenvalue weighted by Crippen LogP contribution is -2.45. The van der Waals surface area contributed by atoms with Crippen molar-refractivity contribution in [1.82, 2.24) is 9.62 Å². The minimum absolute atomic E-state index is 0.294. The highest BCUT2D eigenvalue weighted by Gasteiger charge is 2.32. The maximum absolute atomic E-state index is 12.8. The molecule has 1 rings (SSSR count). The summed E-state index contributed by atoms with van der Waals surface area (Å²) in [5.41, 5.74) is 0.451. The van der Waals surface area contributed by atoms with Gasteiger partial charge in [0.25, 0.3) is 0 Å². The lowest BCUT2D eigenvalue weighted by Gasteiger charge is -2.33. The molecule has 1 N–H and O–H groups in total. The van der Waals surface area contributed by atoms with Crippen molar-refractivity contribution in [1.29, 1.82) is 0 Å². The first kappa shape index (κ1) is 16.9. The highest BCUT2D eigenvalue weighted by Crippen LogP contribution is 2.24. The molecule has 0 spiro atoms. The van der Waals surface area contributed by atoms with Crippen LogP contribution in [0.4, 0.5) is 0 Å². The standard InChI is InChI=1S/C15H24N2O2S/c1-6-10-17(15(2,3)4)20(18,19)14-9-7-8-13(11-14)12-16-5/h6-9,11,16H,1,10,12H2,2-5H3. The molecule has 0 unspecified atom stereocenters. The summed E-state index contributed by atoms with van der Waals surface area (Å²) in [4.78, 5) is 0.321. The molecule has 4 nitrogen and oxygen atoms in total. The molecule has 0 radical (unpaired) electrons. The van der Waals surface area contributed by atoms with E-state index in [0.29, 0.717) is 18.0 Å². The predicted octanol–water partition coefficient (Wildman–Crippen LogP) is 2.38. The molecule has 0 saturated carbocycles. The van der Waals surface area contributed by atoms with Crippen LogP contribution in [0.5, 0.6) is 0 Å². The molecule has 0 atom stereocenters. The van der Waals surface area contributed by atoms with Gasteiger partial charge in [-0.3, -0.25) is 0 Å². The van der Waals surface area contributed by atoms with Crippen LogP contribution in [0, 0.1) is 0 Å². The first-order valence-corrected chi connectivity index (χ1v) is 8.04. The molecule has 1 aromatic carbocycles. The maximum atomic E-state index is 12.8. The first-order valence-electron chi connectivity index (χ1n) is 6.60. The van der Waals surface area contributed by atoms with E-state index in [0.717, 1.165) is 5.56 Å². The van der Waals surface area contributed by atoms with Crippen molar-refractivity contribution < 1.29 is 8.42 Å². The predicted molar refractivity (Wildman–Crippen MR) is 83.0 cm³/mol. The normalized spacial score (nSPS) is 12.7. The topological polar surface area (TPSA) is 49.4 Å². The quantitative estimate of drug-likeness (QED) is 0.820. The van der Waals surface area contributed by atoms with Gasteiger partial charge in [0.05, 0.1) is 4.90 Å². The molecular weight excluding hydrogens is 272 g/mol. The third-order valence-electron chi connectivity index (χ3n) is 2.91. The molecule has 0 fully saturated rings. The molecule has 0 aliphatic rings. The monoisotopic (exact) mass is 296 g/mol. The third kappa shape index (κ3) is 3.91. The van der Waals surface area contributed by atoms with Gasteiger partial charge in [0.1, 0.15) is 0 Å². The van der Waals surface area contributed by atoms with Gasteiger partial charge < -0.3 is 5.32 Å². The van der Waals surface area contributed by atoms with E-state index >= 15 is 0 Å². The van der Waals surface area contributed by atoms with Crippen molar-refractivity contribution in [3.63, 3.8) is 0 Å². The molecule has 0 aliphatic heterocycles. The second-order valence-corrected chi connectivity index (χ2v) is 7.54. The molecule has 0 bridgehead atoms. The van der Waals surface area contributed by atoms with Crippen LogP contribution in [0.15, 0.2) is 41.8 Å². The van der Waals surface area contributed by atoms with E-state index < -0.39 is 15.6 Å². The fourth-order valence-corrected chi connectivity index (χ4v) is 3.83. The Morgan fingerprint density at radius 1 is 1.35 bits per heavy atom. The van der Waals surface area contributed by atoms with E-state index in [9.17, 15) is 8.42 Å². The molecule has 0 saturated heterocycles. The molecule has 1 aromatic rings. The van der Waals surface area contributed by atoms with Gasteiger partial charge in [-0.15, -0.1) is 6.58 Å². The Kier molecular flexibility index (Phi) is 5.50. The van der Waals surface area contributed by atoms with Crippen LogP contribution < -0.4 is 5.32 Å². The zero-order valence-corrected chi connectivity index (χ0v) is 13.5. The molecule has 20 heavy (non-hydrogen) atoms. The average molecular weight is 296 g/mol. The number of benzene rings is 1. The Morgan fingerprint density at radius 2 is 2.00 bits per heavy atom. The Labute approximate surface area is 122 Å². The number of hydrogen-bond donors (Lipinski definition) is 1. The number of nitrogens with zero attached hydrogens (tertiary/aromatic N) is 1. The van der Waals surface area contributed by atoms with E-state index in [-0.39, 0.29) is 0 Å². The second kappa shape index (κ2) is 6.52. The van der Waals surface area contributed by atoms with Crippen LogP contribution in [0.2, 0.25) is 0 Å². The summed E-state index contributed by atoms with van der Waals surface area (Å²) in [6.45, 7) is 10.2. The van der Waals surface area contributed by atoms with Crippen LogP contribution in [-0.4, -0.2) is 31.9 Å². The van der Waals surface area contributed by atoms with Crippen molar-refractivity contribution in [3.8, 4) is 0 Å². The van der Waals surface area contributed by atoms with Crippen LogP contribution in [0.3, 0.4) is 0 Å². The van der Waals surface area contributed by atoms with E-state index in [1.165, 1.54) is 4.31 Å². The highest BCUT2D eigenvalue weighted by atomic mass is 32.2. The molecular formula is C15H24N2O2S. The Bertz CT molecular complexity index is 559. The number of rotatable bonds is 6. The number of nitrogens with one attached hydrogen (secondary N) is 1. The molecule has 112 valence electrons. The molecule has 0 aliphatic carbocycles. The minimum atomic E-state index is -3.53. The van der Waals surface area contributed by atoms with Gasteiger partial charge in [-0.25, -0.2) is 8.42 Å². The van der Waals surface area contributed by atoms with E-state index in [4.69, 9.17) is 0 Å².